The smallest absolute Gasteiger partial charge is 0.244 e. The van der Waals surface area contributed by atoms with Crippen molar-refractivity contribution in [3.63, 3.8) is 0 Å². The number of thiophene rings is 2. The minimum absolute atomic E-state index is 0.244. The monoisotopic (exact) mass is 331 g/mol. The third kappa shape index (κ3) is 3.12. The van der Waals surface area contributed by atoms with Crippen LogP contribution >= 0.6 is 22.7 Å². The molecule has 0 radical (unpaired) electrons. The Morgan fingerprint density at radius 2 is 2.10 bits per heavy atom. The third-order valence-electron chi connectivity index (χ3n) is 3.05. The van der Waals surface area contributed by atoms with E-state index in [0.717, 1.165) is 4.88 Å². The van der Waals surface area contributed by atoms with Gasteiger partial charge in [-0.3, -0.25) is 0 Å². The lowest BCUT2D eigenvalue weighted by molar-refractivity contribution is 0.282. The summed E-state index contributed by atoms with van der Waals surface area (Å²) in [4.78, 5) is 1.93. The van der Waals surface area contributed by atoms with Crippen molar-refractivity contribution in [3.8, 4) is 0 Å². The average molecular weight is 331 g/mol. The van der Waals surface area contributed by atoms with Crippen molar-refractivity contribution in [2.24, 2.45) is 0 Å². The molecule has 0 unspecified atom stereocenters. The van der Waals surface area contributed by atoms with Gasteiger partial charge in [-0.15, -0.1) is 22.7 Å². The van der Waals surface area contributed by atoms with E-state index in [1.807, 2.05) is 17.5 Å². The van der Waals surface area contributed by atoms with E-state index in [-0.39, 0.29) is 11.5 Å². The lowest BCUT2D eigenvalue weighted by Crippen LogP contribution is -2.29. The molecule has 4 nitrogen and oxygen atoms in total. The van der Waals surface area contributed by atoms with Crippen LogP contribution in [-0.4, -0.2) is 31.4 Å². The Bertz CT molecular complexity index is 659. The van der Waals surface area contributed by atoms with Gasteiger partial charge in [0.1, 0.15) is 4.90 Å². The van der Waals surface area contributed by atoms with Crippen molar-refractivity contribution in [3.05, 3.63) is 38.2 Å². The number of aliphatic hydroxyl groups excluding tert-OH is 1. The maximum atomic E-state index is 12.6. The second-order valence-corrected chi connectivity index (χ2v) is 8.46. The second-order valence-electron chi connectivity index (χ2n) is 4.49. The first-order chi connectivity index (χ1) is 9.46. The highest BCUT2D eigenvalue weighted by molar-refractivity contribution is 7.89. The van der Waals surface area contributed by atoms with Gasteiger partial charge in [-0.25, -0.2) is 12.7 Å². The molecule has 1 N–H and O–H groups in total. The number of sulfonamides is 1. The lowest BCUT2D eigenvalue weighted by atomic mass is 10.3. The van der Waals surface area contributed by atoms with Gasteiger partial charge in [0.05, 0.1) is 11.5 Å². The minimum atomic E-state index is -3.53. The van der Waals surface area contributed by atoms with Gasteiger partial charge in [0.25, 0.3) is 0 Å². The largest absolute Gasteiger partial charge is 0.391 e. The van der Waals surface area contributed by atoms with E-state index in [9.17, 15) is 13.5 Å². The molecule has 0 aliphatic carbocycles. The number of aryl methyl sites for hydroxylation is 1. The fourth-order valence-corrected chi connectivity index (χ4v) is 5.42. The molecule has 0 aromatic carbocycles. The van der Waals surface area contributed by atoms with Crippen LogP contribution in [0.25, 0.3) is 0 Å². The van der Waals surface area contributed by atoms with E-state index in [2.05, 4.69) is 0 Å². The predicted octanol–water partition coefficient (Wildman–Crippen LogP) is 2.47. The molecule has 2 rings (SSSR count). The Kier molecular flexibility index (Phi) is 4.98. The zero-order valence-corrected chi connectivity index (χ0v) is 13.8. The molecule has 0 spiro atoms. The van der Waals surface area contributed by atoms with E-state index in [1.54, 1.807) is 30.7 Å². The Hall–Kier alpha value is -0.730. The van der Waals surface area contributed by atoms with Gasteiger partial charge in [0, 0.05) is 18.5 Å². The van der Waals surface area contributed by atoms with Crippen LogP contribution in [0.1, 0.15) is 15.3 Å². The van der Waals surface area contributed by atoms with Crippen LogP contribution in [0.4, 0.5) is 0 Å². The molecule has 2 heterocycles. The highest BCUT2D eigenvalue weighted by atomic mass is 32.2. The first kappa shape index (κ1) is 15.7. The average Bonchev–Trinajstić information content (AvgIpc) is 3.04. The van der Waals surface area contributed by atoms with Crippen LogP contribution in [-0.2, 0) is 23.1 Å². The van der Waals surface area contributed by atoms with Gasteiger partial charge in [0.15, 0.2) is 0 Å². The summed E-state index contributed by atoms with van der Waals surface area (Å²) in [5, 5.41) is 13.0. The van der Waals surface area contributed by atoms with Gasteiger partial charge >= 0.3 is 0 Å². The van der Waals surface area contributed by atoms with E-state index in [4.69, 9.17) is 0 Å². The summed E-state index contributed by atoms with van der Waals surface area (Å²) in [5.74, 6) is 0. The molecule has 0 saturated heterocycles. The summed E-state index contributed by atoms with van der Waals surface area (Å²) in [7, 11) is -1.95. The number of hydrogen-bond acceptors (Lipinski definition) is 5. The maximum Gasteiger partial charge on any atom is 0.244 e. The quantitative estimate of drug-likeness (QED) is 0.885. The van der Waals surface area contributed by atoms with Crippen molar-refractivity contribution in [1.82, 2.24) is 4.31 Å². The van der Waals surface area contributed by atoms with Crippen LogP contribution in [0.5, 0.6) is 0 Å². The summed E-state index contributed by atoms with van der Waals surface area (Å²) < 4.78 is 26.5. The Balaban J connectivity index is 2.18. The molecule has 2 aromatic heterocycles. The van der Waals surface area contributed by atoms with Gasteiger partial charge in [-0.05, 0) is 35.7 Å². The third-order valence-corrected chi connectivity index (χ3v) is 7.30. The highest BCUT2D eigenvalue weighted by Crippen LogP contribution is 2.29. The summed E-state index contributed by atoms with van der Waals surface area (Å²) in [6.45, 7) is 1.95. The molecule has 0 atom stereocenters. The zero-order chi connectivity index (χ0) is 14.8. The van der Waals surface area contributed by atoms with Crippen molar-refractivity contribution >= 4 is 32.7 Å². The van der Waals surface area contributed by atoms with Gasteiger partial charge in [-0.1, -0.05) is 6.07 Å². The lowest BCUT2D eigenvalue weighted by Gasteiger charge is -2.17. The standard InChI is InChI=1S/C13H17NO3S3/c1-10-9-19-12(8-15)13(10)20(16,17)14(2)6-5-11-4-3-7-18-11/h3-4,7,9,15H,5-6,8H2,1-2H3. The Morgan fingerprint density at radius 1 is 1.35 bits per heavy atom. The molecular weight excluding hydrogens is 314 g/mol. The zero-order valence-electron chi connectivity index (χ0n) is 11.4. The summed E-state index contributed by atoms with van der Waals surface area (Å²) >= 11 is 2.91. The molecule has 2 aromatic rings. The van der Waals surface area contributed by atoms with Crippen molar-refractivity contribution in [2.45, 2.75) is 24.8 Å². The molecule has 20 heavy (non-hydrogen) atoms. The highest BCUT2D eigenvalue weighted by Gasteiger charge is 2.26. The Labute approximate surface area is 127 Å². The minimum Gasteiger partial charge on any atom is -0.391 e. The number of hydrogen-bond donors (Lipinski definition) is 1. The molecule has 7 heteroatoms. The van der Waals surface area contributed by atoms with Crippen LogP contribution < -0.4 is 0 Å². The fourth-order valence-electron chi connectivity index (χ4n) is 1.94. The van der Waals surface area contributed by atoms with E-state index in [1.165, 1.54) is 15.6 Å². The van der Waals surface area contributed by atoms with Gasteiger partial charge in [0.2, 0.25) is 10.0 Å². The van der Waals surface area contributed by atoms with E-state index in [0.29, 0.717) is 23.4 Å². The molecule has 0 saturated carbocycles. The first-order valence-corrected chi connectivity index (χ1v) is 9.33. The number of rotatable bonds is 6. The summed E-state index contributed by atoms with van der Waals surface area (Å²) in [6.07, 6.45) is 0.699. The van der Waals surface area contributed by atoms with Crippen LogP contribution in [0, 0.1) is 6.92 Å². The molecular formula is C13H17NO3S3. The molecule has 0 bridgehead atoms. The molecule has 110 valence electrons. The molecule has 0 aliphatic rings. The van der Waals surface area contributed by atoms with E-state index >= 15 is 0 Å². The maximum absolute atomic E-state index is 12.6. The van der Waals surface area contributed by atoms with E-state index < -0.39 is 10.0 Å². The van der Waals surface area contributed by atoms with Crippen molar-refractivity contribution in [2.75, 3.05) is 13.6 Å². The summed E-state index contributed by atoms with van der Waals surface area (Å²) in [6, 6.07) is 3.96. The second kappa shape index (κ2) is 6.36. The number of likely N-dealkylation sites (N-methyl/N-ethyl adjacent to an activating group) is 1. The van der Waals surface area contributed by atoms with Gasteiger partial charge < -0.3 is 5.11 Å². The fraction of sp³-hybridized carbons (Fsp3) is 0.385. The summed E-state index contributed by atoms with van der Waals surface area (Å²) in [5.41, 5.74) is 0.696. The molecule has 0 fully saturated rings. The normalized spacial score (nSPS) is 12.2. The molecule has 0 amide bonds. The molecule has 0 aliphatic heterocycles. The van der Waals surface area contributed by atoms with Crippen LogP contribution in [0.15, 0.2) is 27.8 Å². The van der Waals surface area contributed by atoms with Crippen LogP contribution in [0.3, 0.4) is 0 Å². The number of aliphatic hydroxyl groups is 1. The SMILES string of the molecule is Cc1csc(CO)c1S(=O)(=O)N(C)CCc1cccs1. The first-order valence-electron chi connectivity index (χ1n) is 6.13. The van der Waals surface area contributed by atoms with Crippen LogP contribution in [0.2, 0.25) is 0 Å². The van der Waals surface area contributed by atoms with Crippen molar-refractivity contribution < 1.29 is 13.5 Å². The van der Waals surface area contributed by atoms with Gasteiger partial charge in [-0.2, -0.15) is 0 Å². The topological polar surface area (TPSA) is 57.6 Å². The number of nitrogens with zero attached hydrogens (tertiary/aromatic N) is 1. The Morgan fingerprint density at radius 3 is 2.70 bits per heavy atom. The van der Waals surface area contributed by atoms with Crippen molar-refractivity contribution in [1.29, 1.82) is 0 Å². The predicted molar refractivity (Wildman–Crippen MR) is 82.8 cm³/mol.